The van der Waals surface area contributed by atoms with Crippen LogP contribution in [0.4, 0.5) is 11.5 Å². The van der Waals surface area contributed by atoms with Gasteiger partial charge in [0.15, 0.2) is 0 Å². The van der Waals surface area contributed by atoms with Crippen LogP contribution in [0.1, 0.15) is 34.7 Å². The third kappa shape index (κ3) is 4.49. The number of anilines is 2. The number of carbonyl (C=O) groups is 1. The monoisotopic (exact) mass is 356 g/mol. The summed E-state index contributed by atoms with van der Waals surface area (Å²) in [6.07, 6.45) is 2.11. The number of ether oxygens (including phenoxy) is 2. The molecule has 1 saturated heterocycles. The molecular weight excluding hydrogens is 332 g/mol. The Morgan fingerprint density at radius 2 is 2.15 bits per heavy atom. The van der Waals surface area contributed by atoms with E-state index in [2.05, 4.69) is 20.6 Å². The molecule has 1 aliphatic heterocycles. The average Bonchev–Trinajstić information content (AvgIpc) is 3.13. The standard InChI is InChI=1S/C19H24N4O3/c1-12-6-7-17(25-3)15(9-12)23-18-10-16(21-13(2)22-18)19(24)20-11-14-5-4-8-26-14/h6-7,9-10,14H,4-5,8,11H2,1-3H3,(H,20,24)(H,21,22,23). The van der Waals surface area contributed by atoms with E-state index in [0.717, 1.165) is 30.7 Å². The molecule has 7 nitrogen and oxygen atoms in total. The largest absolute Gasteiger partial charge is 0.495 e. The Balaban J connectivity index is 1.74. The Labute approximate surface area is 153 Å². The van der Waals surface area contributed by atoms with Crippen LogP contribution in [0.2, 0.25) is 0 Å². The van der Waals surface area contributed by atoms with Crippen molar-refractivity contribution in [3.05, 3.63) is 41.3 Å². The number of rotatable bonds is 6. The van der Waals surface area contributed by atoms with E-state index >= 15 is 0 Å². The van der Waals surface area contributed by atoms with E-state index in [9.17, 15) is 4.79 Å². The molecule has 2 aromatic rings. The predicted octanol–water partition coefficient (Wildman–Crippen LogP) is 2.75. The van der Waals surface area contributed by atoms with Gasteiger partial charge in [-0.25, -0.2) is 9.97 Å². The van der Waals surface area contributed by atoms with Crippen molar-refractivity contribution in [3.8, 4) is 5.75 Å². The van der Waals surface area contributed by atoms with E-state index in [1.165, 1.54) is 0 Å². The van der Waals surface area contributed by atoms with Gasteiger partial charge in [0.2, 0.25) is 0 Å². The van der Waals surface area contributed by atoms with Gasteiger partial charge in [-0.05, 0) is 44.4 Å². The van der Waals surface area contributed by atoms with E-state index in [4.69, 9.17) is 9.47 Å². The van der Waals surface area contributed by atoms with Crippen LogP contribution in [-0.4, -0.2) is 42.2 Å². The lowest BCUT2D eigenvalue weighted by Crippen LogP contribution is -2.32. The molecule has 7 heteroatoms. The van der Waals surface area contributed by atoms with E-state index in [0.29, 0.717) is 29.6 Å². The zero-order valence-electron chi connectivity index (χ0n) is 15.3. The van der Waals surface area contributed by atoms with Crippen LogP contribution in [0.15, 0.2) is 24.3 Å². The van der Waals surface area contributed by atoms with Gasteiger partial charge < -0.3 is 20.1 Å². The predicted molar refractivity (Wildman–Crippen MR) is 99.1 cm³/mol. The number of nitrogens with one attached hydrogen (secondary N) is 2. The van der Waals surface area contributed by atoms with E-state index in [1.54, 1.807) is 20.1 Å². The van der Waals surface area contributed by atoms with Gasteiger partial charge in [0.1, 0.15) is 23.1 Å². The Kier molecular flexibility index (Phi) is 5.68. The van der Waals surface area contributed by atoms with Crippen molar-refractivity contribution in [1.82, 2.24) is 15.3 Å². The van der Waals surface area contributed by atoms with Gasteiger partial charge >= 0.3 is 0 Å². The zero-order valence-corrected chi connectivity index (χ0v) is 15.3. The Morgan fingerprint density at radius 3 is 2.88 bits per heavy atom. The topological polar surface area (TPSA) is 85.4 Å². The minimum Gasteiger partial charge on any atom is -0.495 e. The number of carbonyl (C=O) groups excluding carboxylic acids is 1. The molecule has 0 aliphatic carbocycles. The fraction of sp³-hybridized carbons (Fsp3) is 0.421. The lowest BCUT2D eigenvalue weighted by atomic mass is 10.2. The first-order valence-electron chi connectivity index (χ1n) is 8.72. The van der Waals surface area contributed by atoms with E-state index in [-0.39, 0.29) is 12.0 Å². The normalized spacial score (nSPS) is 16.3. The summed E-state index contributed by atoms with van der Waals surface area (Å²) in [4.78, 5) is 21.0. The summed E-state index contributed by atoms with van der Waals surface area (Å²) in [5, 5.41) is 6.10. The highest BCUT2D eigenvalue weighted by Gasteiger charge is 2.18. The molecule has 138 valence electrons. The summed E-state index contributed by atoms with van der Waals surface area (Å²) < 4.78 is 10.9. The van der Waals surface area contributed by atoms with E-state index in [1.807, 2.05) is 25.1 Å². The third-order valence-corrected chi connectivity index (χ3v) is 4.20. The van der Waals surface area contributed by atoms with Crippen molar-refractivity contribution in [2.24, 2.45) is 0 Å². The number of hydrogen-bond acceptors (Lipinski definition) is 6. The molecule has 1 fully saturated rings. The van der Waals surface area contributed by atoms with Crippen LogP contribution in [0, 0.1) is 13.8 Å². The zero-order chi connectivity index (χ0) is 18.5. The van der Waals surface area contributed by atoms with Gasteiger partial charge in [-0.15, -0.1) is 0 Å². The first-order valence-corrected chi connectivity index (χ1v) is 8.72. The number of benzene rings is 1. The van der Waals surface area contributed by atoms with Crippen molar-refractivity contribution < 1.29 is 14.3 Å². The maximum absolute atomic E-state index is 12.4. The number of aryl methyl sites for hydroxylation is 2. The van der Waals surface area contributed by atoms with E-state index < -0.39 is 0 Å². The fourth-order valence-electron chi connectivity index (χ4n) is 2.91. The van der Waals surface area contributed by atoms with Crippen LogP contribution in [0.25, 0.3) is 0 Å². The van der Waals surface area contributed by atoms with Gasteiger partial charge in [0.25, 0.3) is 5.91 Å². The summed E-state index contributed by atoms with van der Waals surface area (Å²) in [7, 11) is 1.62. The second-order valence-electron chi connectivity index (χ2n) is 6.36. The molecule has 3 rings (SSSR count). The highest BCUT2D eigenvalue weighted by Crippen LogP contribution is 2.28. The van der Waals surface area contributed by atoms with Gasteiger partial charge in [-0.2, -0.15) is 0 Å². The molecule has 1 amide bonds. The molecule has 0 saturated carbocycles. The minimum absolute atomic E-state index is 0.0936. The first-order chi connectivity index (χ1) is 12.5. The summed E-state index contributed by atoms with van der Waals surface area (Å²) >= 11 is 0. The smallest absolute Gasteiger partial charge is 0.270 e. The summed E-state index contributed by atoms with van der Waals surface area (Å²) in [5.74, 6) is 1.54. The maximum atomic E-state index is 12.4. The molecule has 1 aliphatic rings. The summed E-state index contributed by atoms with van der Waals surface area (Å²) in [6, 6.07) is 7.47. The molecule has 0 spiro atoms. The van der Waals surface area contributed by atoms with Crippen LogP contribution in [0.3, 0.4) is 0 Å². The van der Waals surface area contributed by atoms with Gasteiger partial charge in [-0.3, -0.25) is 4.79 Å². The summed E-state index contributed by atoms with van der Waals surface area (Å²) in [5.41, 5.74) is 2.20. The second kappa shape index (κ2) is 8.14. The molecule has 0 radical (unpaired) electrons. The molecular formula is C19H24N4O3. The van der Waals surface area contributed by atoms with Crippen LogP contribution < -0.4 is 15.4 Å². The Morgan fingerprint density at radius 1 is 1.31 bits per heavy atom. The molecule has 0 bridgehead atoms. The van der Waals surface area contributed by atoms with Gasteiger partial charge in [-0.1, -0.05) is 6.07 Å². The second-order valence-corrected chi connectivity index (χ2v) is 6.36. The number of nitrogens with zero attached hydrogens (tertiary/aromatic N) is 2. The molecule has 2 N–H and O–H groups in total. The van der Waals surface area contributed by atoms with Crippen molar-refractivity contribution >= 4 is 17.4 Å². The molecule has 1 unspecified atom stereocenters. The Hall–Kier alpha value is -2.67. The van der Waals surface area contributed by atoms with Crippen molar-refractivity contribution in [1.29, 1.82) is 0 Å². The summed E-state index contributed by atoms with van der Waals surface area (Å²) in [6.45, 7) is 5.02. The SMILES string of the molecule is COc1ccc(C)cc1Nc1cc(C(=O)NCC2CCCO2)nc(C)n1. The average molecular weight is 356 g/mol. The van der Waals surface area contributed by atoms with Crippen molar-refractivity contribution in [3.63, 3.8) is 0 Å². The number of methoxy groups -OCH3 is 1. The molecule has 1 aromatic heterocycles. The highest BCUT2D eigenvalue weighted by molar-refractivity contribution is 5.93. The lowest BCUT2D eigenvalue weighted by Gasteiger charge is -2.13. The molecule has 1 atom stereocenters. The van der Waals surface area contributed by atoms with Gasteiger partial charge in [0.05, 0.1) is 18.9 Å². The van der Waals surface area contributed by atoms with Gasteiger partial charge in [0, 0.05) is 19.2 Å². The quantitative estimate of drug-likeness (QED) is 0.828. The lowest BCUT2D eigenvalue weighted by molar-refractivity contribution is 0.0853. The Bertz CT molecular complexity index is 788. The van der Waals surface area contributed by atoms with Crippen molar-refractivity contribution in [2.75, 3.05) is 25.6 Å². The number of hydrogen-bond donors (Lipinski definition) is 2. The van der Waals surface area contributed by atoms with Crippen LogP contribution in [-0.2, 0) is 4.74 Å². The maximum Gasteiger partial charge on any atom is 0.270 e. The number of amides is 1. The highest BCUT2D eigenvalue weighted by atomic mass is 16.5. The minimum atomic E-state index is -0.231. The van der Waals surface area contributed by atoms with Crippen LogP contribution >= 0.6 is 0 Å². The molecule has 1 aromatic carbocycles. The molecule has 26 heavy (non-hydrogen) atoms. The fourth-order valence-corrected chi connectivity index (χ4v) is 2.91. The number of aromatic nitrogens is 2. The van der Waals surface area contributed by atoms with Crippen molar-refractivity contribution in [2.45, 2.75) is 32.8 Å². The first kappa shape index (κ1) is 18.1. The third-order valence-electron chi connectivity index (χ3n) is 4.20. The molecule has 2 heterocycles. The van der Waals surface area contributed by atoms with Crippen LogP contribution in [0.5, 0.6) is 5.75 Å².